The molecule has 4 rings (SSSR count). The molecule has 4 aliphatic heterocycles. The van der Waals surface area contributed by atoms with Crippen molar-refractivity contribution in [3.05, 3.63) is 23.9 Å². The molecule has 4 heterocycles. The molecule has 4 aliphatic rings. The van der Waals surface area contributed by atoms with E-state index in [9.17, 15) is 0 Å². The SMILES string of the molecule is N#CCC1=CC2C=NC=CC2N=C1OCC12CCCN1CCC2. The van der Waals surface area contributed by atoms with Crippen molar-refractivity contribution < 1.29 is 4.74 Å². The van der Waals surface area contributed by atoms with E-state index in [1.807, 2.05) is 12.3 Å². The van der Waals surface area contributed by atoms with Gasteiger partial charge in [-0.05, 0) is 44.8 Å². The number of dihydropyridines is 1. The fraction of sp³-hybridized carbons (Fsp3) is 0.611. The van der Waals surface area contributed by atoms with Gasteiger partial charge in [0.1, 0.15) is 6.61 Å². The van der Waals surface area contributed by atoms with Gasteiger partial charge in [0.05, 0.1) is 24.1 Å². The number of rotatable bonds is 3. The van der Waals surface area contributed by atoms with Gasteiger partial charge in [0.2, 0.25) is 5.90 Å². The van der Waals surface area contributed by atoms with Gasteiger partial charge in [-0.2, -0.15) is 5.26 Å². The summed E-state index contributed by atoms with van der Waals surface area (Å²) in [6.45, 7) is 3.09. The van der Waals surface area contributed by atoms with Crippen molar-refractivity contribution in [1.82, 2.24) is 4.90 Å². The van der Waals surface area contributed by atoms with E-state index in [0.29, 0.717) is 18.9 Å². The summed E-state index contributed by atoms with van der Waals surface area (Å²) in [6.07, 6.45) is 13.1. The molecule has 0 radical (unpaired) electrons. The maximum atomic E-state index is 9.10. The van der Waals surface area contributed by atoms with Gasteiger partial charge in [-0.3, -0.25) is 9.89 Å². The summed E-state index contributed by atoms with van der Waals surface area (Å²) in [5, 5.41) is 9.10. The van der Waals surface area contributed by atoms with Crippen LogP contribution in [-0.2, 0) is 4.74 Å². The van der Waals surface area contributed by atoms with Gasteiger partial charge in [0.25, 0.3) is 0 Å². The first kappa shape index (κ1) is 14.6. The number of ether oxygens (including phenoxy) is 1. The van der Waals surface area contributed by atoms with Crippen molar-refractivity contribution in [3.63, 3.8) is 0 Å². The minimum absolute atomic E-state index is 0.0608. The van der Waals surface area contributed by atoms with Crippen LogP contribution in [-0.4, -0.2) is 48.3 Å². The van der Waals surface area contributed by atoms with Crippen LogP contribution in [0.15, 0.2) is 33.9 Å². The normalized spacial score (nSPS) is 31.1. The molecule has 0 amide bonds. The lowest BCUT2D eigenvalue weighted by molar-refractivity contribution is 0.106. The molecule has 23 heavy (non-hydrogen) atoms. The van der Waals surface area contributed by atoms with E-state index in [2.05, 4.69) is 22.0 Å². The van der Waals surface area contributed by atoms with Crippen LogP contribution in [0.5, 0.6) is 0 Å². The van der Waals surface area contributed by atoms with Crippen LogP contribution in [0.1, 0.15) is 32.1 Å². The highest BCUT2D eigenvalue weighted by Crippen LogP contribution is 2.39. The number of fused-ring (bicyclic) bond motifs is 2. The Bertz CT molecular complexity index is 630. The van der Waals surface area contributed by atoms with Crippen molar-refractivity contribution >= 4 is 12.1 Å². The van der Waals surface area contributed by atoms with Crippen LogP contribution >= 0.6 is 0 Å². The number of hydrogen-bond acceptors (Lipinski definition) is 5. The lowest BCUT2D eigenvalue weighted by Crippen LogP contribution is -2.43. The summed E-state index contributed by atoms with van der Waals surface area (Å²) >= 11 is 0. The van der Waals surface area contributed by atoms with Gasteiger partial charge < -0.3 is 4.74 Å². The number of aliphatic imine (C=N–C) groups is 2. The van der Waals surface area contributed by atoms with E-state index in [-0.39, 0.29) is 17.5 Å². The molecule has 0 aliphatic carbocycles. The topological polar surface area (TPSA) is 61.0 Å². The molecule has 0 aromatic carbocycles. The highest BCUT2D eigenvalue weighted by Gasteiger charge is 2.45. The third-order valence-corrected chi connectivity index (χ3v) is 5.51. The molecule has 0 bridgehead atoms. The van der Waals surface area contributed by atoms with Crippen molar-refractivity contribution in [2.45, 2.75) is 43.7 Å². The zero-order valence-corrected chi connectivity index (χ0v) is 13.3. The van der Waals surface area contributed by atoms with E-state index < -0.39 is 0 Å². The van der Waals surface area contributed by atoms with E-state index in [1.165, 1.54) is 38.8 Å². The monoisotopic (exact) mass is 310 g/mol. The molecule has 120 valence electrons. The van der Waals surface area contributed by atoms with Gasteiger partial charge in [-0.15, -0.1) is 0 Å². The minimum atomic E-state index is 0.0608. The van der Waals surface area contributed by atoms with Gasteiger partial charge in [0, 0.05) is 23.9 Å². The molecular weight excluding hydrogens is 288 g/mol. The highest BCUT2D eigenvalue weighted by atomic mass is 16.5. The molecule has 2 unspecified atom stereocenters. The molecule has 2 atom stereocenters. The molecule has 0 spiro atoms. The Labute approximate surface area is 137 Å². The number of hydrogen-bond donors (Lipinski definition) is 0. The van der Waals surface area contributed by atoms with Crippen LogP contribution in [0.4, 0.5) is 0 Å². The van der Waals surface area contributed by atoms with Crippen LogP contribution in [0.3, 0.4) is 0 Å². The fourth-order valence-electron chi connectivity index (χ4n) is 4.31. The largest absolute Gasteiger partial charge is 0.476 e. The lowest BCUT2D eigenvalue weighted by atomic mass is 9.92. The van der Waals surface area contributed by atoms with Crippen LogP contribution in [0.2, 0.25) is 0 Å². The Morgan fingerprint density at radius 2 is 2.17 bits per heavy atom. The third-order valence-electron chi connectivity index (χ3n) is 5.51. The number of nitrogens with zero attached hydrogens (tertiary/aromatic N) is 4. The predicted octanol–water partition coefficient (Wildman–Crippen LogP) is 2.47. The molecule has 0 N–H and O–H groups in total. The van der Waals surface area contributed by atoms with Crippen molar-refractivity contribution in [2.24, 2.45) is 15.9 Å². The van der Waals surface area contributed by atoms with Gasteiger partial charge in [-0.25, -0.2) is 4.99 Å². The first-order valence-corrected chi connectivity index (χ1v) is 8.54. The number of nitriles is 1. The molecule has 2 saturated heterocycles. The van der Waals surface area contributed by atoms with E-state index in [4.69, 9.17) is 15.0 Å². The molecular formula is C18H22N4O. The molecule has 0 aromatic heterocycles. The Morgan fingerprint density at radius 1 is 1.35 bits per heavy atom. The molecule has 0 saturated carbocycles. The van der Waals surface area contributed by atoms with E-state index in [1.54, 1.807) is 6.20 Å². The predicted molar refractivity (Wildman–Crippen MR) is 89.4 cm³/mol. The molecule has 0 aromatic rings. The van der Waals surface area contributed by atoms with Gasteiger partial charge in [-0.1, -0.05) is 6.08 Å². The van der Waals surface area contributed by atoms with Crippen LogP contribution in [0.25, 0.3) is 0 Å². The second-order valence-corrected chi connectivity index (χ2v) is 6.88. The summed E-state index contributed by atoms with van der Waals surface area (Å²) in [5.41, 5.74) is 1.12. The quantitative estimate of drug-likeness (QED) is 0.804. The summed E-state index contributed by atoms with van der Waals surface area (Å²) in [4.78, 5) is 11.5. The summed E-state index contributed by atoms with van der Waals surface area (Å²) in [6, 6.07) is 2.29. The molecule has 5 nitrogen and oxygen atoms in total. The van der Waals surface area contributed by atoms with Crippen LogP contribution in [0, 0.1) is 17.2 Å². The zero-order chi connectivity index (χ0) is 15.7. The van der Waals surface area contributed by atoms with E-state index in [0.717, 1.165) is 5.57 Å². The Hall–Kier alpha value is -1.93. The second-order valence-electron chi connectivity index (χ2n) is 6.88. The van der Waals surface area contributed by atoms with Gasteiger partial charge >= 0.3 is 0 Å². The Kier molecular flexibility index (Phi) is 3.78. The summed E-state index contributed by atoms with van der Waals surface area (Å²) in [7, 11) is 0. The Balaban J connectivity index is 1.51. The van der Waals surface area contributed by atoms with Crippen molar-refractivity contribution in [2.75, 3.05) is 19.7 Å². The Morgan fingerprint density at radius 3 is 2.96 bits per heavy atom. The lowest BCUT2D eigenvalue weighted by Gasteiger charge is -2.33. The summed E-state index contributed by atoms with van der Waals surface area (Å²) in [5.74, 6) is 0.823. The first-order chi connectivity index (χ1) is 11.3. The standard InChI is InChI=1S/C18H22N4O/c19-7-3-14-11-15-12-20-8-4-16(15)21-17(14)23-13-18-5-1-9-22(18)10-2-6-18/h4,8,11-12,15-16H,1-3,5-6,9-10,13H2. The minimum Gasteiger partial charge on any atom is -0.476 e. The maximum absolute atomic E-state index is 9.10. The highest BCUT2D eigenvalue weighted by molar-refractivity contribution is 5.96. The average molecular weight is 310 g/mol. The smallest absolute Gasteiger partial charge is 0.213 e. The van der Waals surface area contributed by atoms with Gasteiger partial charge in [0.15, 0.2) is 0 Å². The summed E-state index contributed by atoms with van der Waals surface area (Å²) < 4.78 is 6.20. The second kappa shape index (κ2) is 5.93. The van der Waals surface area contributed by atoms with Crippen LogP contribution < -0.4 is 0 Å². The van der Waals surface area contributed by atoms with Crippen molar-refractivity contribution in [3.8, 4) is 6.07 Å². The third kappa shape index (κ3) is 2.61. The molecule has 5 heteroatoms. The van der Waals surface area contributed by atoms with Crippen molar-refractivity contribution in [1.29, 1.82) is 5.26 Å². The average Bonchev–Trinajstić information content (AvgIpc) is 3.13. The maximum Gasteiger partial charge on any atom is 0.213 e. The van der Waals surface area contributed by atoms with E-state index >= 15 is 0 Å². The zero-order valence-electron chi connectivity index (χ0n) is 13.3. The first-order valence-electron chi connectivity index (χ1n) is 8.54. The molecule has 2 fully saturated rings. The fourth-order valence-corrected chi connectivity index (χ4v) is 4.31.